The van der Waals surface area contributed by atoms with Crippen molar-refractivity contribution >= 4 is 40.0 Å². The van der Waals surface area contributed by atoms with Crippen molar-refractivity contribution in [2.24, 2.45) is 0 Å². The van der Waals surface area contributed by atoms with Gasteiger partial charge in [0.15, 0.2) is 5.13 Å². The van der Waals surface area contributed by atoms with Gasteiger partial charge in [0, 0.05) is 16.8 Å². The molecule has 6 nitrogen and oxygen atoms in total. The molecule has 1 aromatic carbocycles. The van der Waals surface area contributed by atoms with Gasteiger partial charge in [-0.2, -0.15) is 14.0 Å². The normalized spacial score (nSPS) is 15.2. The van der Waals surface area contributed by atoms with E-state index in [0.717, 1.165) is 16.1 Å². The van der Waals surface area contributed by atoms with E-state index in [-0.39, 0.29) is 5.91 Å². The predicted molar refractivity (Wildman–Crippen MR) is 123 cm³/mol. The molecule has 2 aromatic rings. The number of benzene rings is 1. The van der Waals surface area contributed by atoms with Crippen LogP contribution in [0.2, 0.25) is 0 Å². The second-order valence-electron chi connectivity index (χ2n) is 6.63. The van der Waals surface area contributed by atoms with Crippen molar-refractivity contribution in [1.82, 2.24) is 9.71 Å². The summed E-state index contributed by atoms with van der Waals surface area (Å²) in [4.78, 5) is 19.6. The number of allylic oxidation sites excluding steroid dienone is 2. The Kier molecular flexibility index (Phi) is 8.16. The van der Waals surface area contributed by atoms with Crippen LogP contribution in [0.4, 0.5) is 19.6 Å². The van der Waals surface area contributed by atoms with Crippen molar-refractivity contribution in [3.63, 3.8) is 0 Å². The van der Waals surface area contributed by atoms with Gasteiger partial charge in [-0.15, -0.1) is 11.3 Å². The van der Waals surface area contributed by atoms with Crippen LogP contribution in [0.3, 0.4) is 0 Å². The van der Waals surface area contributed by atoms with E-state index >= 15 is 0 Å². The summed E-state index contributed by atoms with van der Waals surface area (Å²) in [7, 11) is 0. The number of rotatable bonds is 8. The highest BCUT2D eigenvalue weighted by Crippen LogP contribution is 2.33. The first-order valence-corrected chi connectivity index (χ1v) is 11.5. The maximum Gasteiger partial charge on any atom is 0.346 e. The minimum atomic E-state index is -2.87. The van der Waals surface area contributed by atoms with Gasteiger partial charge in [-0.1, -0.05) is 42.3 Å². The lowest BCUT2D eigenvalue weighted by Crippen LogP contribution is -2.21. The summed E-state index contributed by atoms with van der Waals surface area (Å²) in [6.45, 7) is -0.673. The molecular formula is C22H20F2N4O2S2. The number of nitriles is 1. The van der Waals surface area contributed by atoms with Crippen LogP contribution >= 0.6 is 23.3 Å². The fraction of sp³-hybridized carbons (Fsp3) is 0.227. The van der Waals surface area contributed by atoms with Crippen LogP contribution in [-0.4, -0.2) is 36.4 Å². The van der Waals surface area contributed by atoms with Crippen molar-refractivity contribution in [2.45, 2.75) is 19.6 Å². The maximum absolute atomic E-state index is 12.5. The van der Waals surface area contributed by atoms with Gasteiger partial charge in [0.05, 0.1) is 18.2 Å². The second kappa shape index (κ2) is 11.0. The highest BCUT2D eigenvalue weighted by Gasteiger charge is 2.21. The molecule has 1 aliphatic carbocycles. The average molecular weight is 475 g/mol. The van der Waals surface area contributed by atoms with Crippen LogP contribution in [0.1, 0.15) is 20.9 Å². The van der Waals surface area contributed by atoms with Gasteiger partial charge in [0.1, 0.15) is 11.8 Å². The third kappa shape index (κ3) is 6.03. The molecule has 0 radical (unpaired) electrons. The zero-order valence-corrected chi connectivity index (χ0v) is 18.9. The molecule has 3 rings (SSSR count). The Hall–Kier alpha value is -3.00. The number of halogens is 2. The van der Waals surface area contributed by atoms with Crippen LogP contribution in [0, 0.1) is 18.3 Å². The summed E-state index contributed by atoms with van der Waals surface area (Å²) in [6.07, 6.45) is 9.24. The van der Waals surface area contributed by atoms with Crippen LogP contribution in [0.25, 0.3) is 0 Å². The van der Waals surface area contributed by atoms with Gasteiger partial charge in [0.2, 0.25) is 0 Å². The monoisotopic (exact) mass is 474 g/mol. The number of hydrogen-bond donors (Lipinski definition) is 1. The number of carbonyl (C=O) groups is 1. The predicted octanol–water partition coefficient (Wildman–Crippen LogP) is 5.13. The maximum atomic E-state index is 12.5. The summed E-state index contributed by atoms with van der Waals surface area (Å²) in [5, 5.41) is 9.70. The molecular weight excluding hydrogens is 454 g/mol. The second-order valence-corrected chi connectivity index (χ2v) is 8.42. The third-order valence-electron chi connectivity index (χ3n) is 4.45. The van der Waals surface area contributed by atoms with Crippen molar-refractivity contribution < 1.29 is 18.3 Å². The summed E-state index contributed by atoms with van der Waals surface area (Å²) in [6, 6.07) is 9.10. The summed E-state index contributed by atoms with van der Waals surface area (Å²) < 4.78 is 32.3. The summed E-state index contributed by atoms with van der Waals surface area (Å²) >= 11 is 2.57. The zero-order valence-electron chi connectivity index (χ0n) is 17.3. The Morgan fingerprint density at radius 2 is 2.12 bits per heavy atom. The standard InChI is InChI=1S/C22H20F2N4O2S2/c1-14-19(20(29)27-31-2)26-22(32-14)28(17-9-6-15(12-25)7-10-17)13-16-4-3-5-18(11-8-16)30-21(23)24/h3-11,18,21H,13H2,1-2H3,(H,27,29). The molecule has 1 heterocycles. The van der Waals surface area contributed by atoms with Crippen molar-refractivity contribution in [2.75, 3.05) is 17.7 Å². The topological polar surface area (TPSA) is 78.2 Å². The first kappa shape index (κ1) is 23.7. The van der Waals surface area contributed by atoms with E-state index in [4.69, 9.17) is 5.26 Å². The Morgan fingerprint density at radius 3 is 2.78 bits per heavy atom. The van der Waals surface area contributed by atoms with Gasteiger partial charge in [-0.3, -0.25) is 9.52 Å². The van der Waals surface area contributed by atoms with Crippen LogP contribution in [0.5, 0.6) is 0 Å². The molecule has 0 saturated carbocycles. The van der Waals surface area contributed by atoms with E-state index in [1.165, 1.54) is 23.3 Å². The lowest BCUT2D eigenvalue weighted by Gasteiger charge is -2.22. The van der Waals surface area contributed by atoms with Crippen LogP contribution < -0.4 is 9.62 Å². The molecule has 0 saturated heterocycles. The lowest BCUT2D eigenvalue weighted by atomic mass is 10.1. The number of hydrogen-bond acceptors (Lipinski definition) is 7. The lowest BCUT2D eigenvalue weighted by molar-refractivity contribution is -0.138. The van der Waals surface area contributed by atoms with E-state index in [1.54, 1.807) is 54.8 Å². The summed E-state index contributed by atoms with van der Waals surface area (Å²) in [5.41, 5.74) is 2.47. The minimum absolute atomic E-state index is 0.277. The number of aromatic nitrogens is 1. The van der Waals surface area contributed by atoms with Crippen molar-refractivity contribution in [1.29, 1.82) is 5.26 Å². The van der Waals surface area contributed by atoms with Gasteiger partial charge < -0.3 is 9.64 Å². The Bertz CT molecular complexity index is 1090. The van der Waals surface area contributed by atoms with E-state index in [2.05, 4.69) is 20.5 Å². The van der Waals surface area contributed by atoms with Gasteiger partial charge in [-0.05, 0) is 36.8 Å². The van der Waals surface area contributed by atoms with Gasteiger partial charge in [0.25, 0.3) is 5.91 Å². The molecule has 1 amide bonds. The number of nitrogens with one attached hydrogen (secondary N) is 1. The molecule has 10 heteroatoms. The molecule has 1 aliphatic rings. The number of nitrogens with zero attached hydrogens (tertiary/aromatic N) is 3. The van der Waals surface area contributed by atoms with Crippen molar-refractivity contribution in [3.8, 4) is 6.07 Å². The first-order valence-electron chi connectivity index (χ1n) is 9.49. The van der Waals surface area contributed by atoms with Crippen molar-refractivity contribution in [3.05, 3.63) is 76.4 Å². The molecule has 32 heavy (non-hydrogen) atoms. The van der Waals surface area contributed by atoms with Gasteiger partial charge >= 0.3 is 6.61 Å². The Balaban J connectivity index is 1.93. The van der Waals surface area contributed by atoms with Gasteiger partial charge in [-0.25, -0.2) is 4.98 Å². The molecule has 0 aliphatic heterocycles. The smallest absolute Gasteiger partial charge is 0.313 e. The summed E-state index contributed by atoms with van der Waals surface area (Å²) in [5.74, 6) is -0.277. The number of carbonyl (C=O) groups excluding carboxylic acids is 1. The van der Waals surface area contributed by atoms with E-state index in [1.807, 2.05) is 17.9 Å². The highest BCUT2D eigenvalue weighted by molar-refractivity contribution is 7.97. The Labute approximate surface area is 193 Å². The number of ether oxygens (including phenoxy) is 1. The number of amides is 1. The number of anilines is 2. The zero-order chi connectivity index (χ0) is 23.1. The third-order valence-corrected chi connectivity index (χ3v) is 5.83. The van der Waals surface area contributed by atoms with Crippen LogP contribution in [0.15, 0.2) is 60.2 Å². The largest absolute Gasteiger partial charge is 0.346 e. The molecule has 0 bridgehead atoms. The van der Waals surface area contributed by atoms with E-state index in [0.29, 0.717) is 22.9 Å². The number of alkyl halides is 2. The first-order chi connectivity index (χ1) is 15.4. The molecule has 0 spiro atoms. The molecule has 1 atom stereocenters. The fourth-order valence-electron chi connectivity index (χ4n) is 2.96. The molecule has 1 aromatic heterocycles. The minimum Gasteiger partial charge on any atom is -0.313 e. The quantitative estimate of drug-likeness (QED) is 0.535. The number of thiazole rings is 1. The SMILES string of the molecule is CSNC(=O)c1nc(N(CC2=CC=CC(OC(F)F)C=C2)c2ccc(C#N)cc2)sc1C. The van der Waals surface area contributed by atoms with E-state index < -0.39 is 12.7 Å². The average Bonchev–Trinajstić information content (AvgIpc) is 3.02. The Morgan fingerprint density at radius 1 is 1.38 bits per heavy atom. The molecule has 0 fully saturated rings. The van der Waals surface area contributed by atoms with E-state index in [9.17, 15) is 13.6 Å². The molecule has 1 unspecified atom stereocenters. The fourth-order valence-corrected chi connectivity index (χ4v) is 4.17. The molecule has 166 valence electrons. The highest BCUT2D eigenvalue weighted by atomic mass is 32.2. The number of aryl methyl sites for hydroxylation is 1. The molecule has 1 N–H and O–H groups in total. The van der Waals surface area contributed by atoms with Crippen LogP contribution in [-0.2, 0) is 4.74 Å².